The van der Waals surface area contributed by atoms with Crippen molar-refractivity contribution in [3.63, 3.8) is 0 Å². The van der Waals surface area contributed by atoms with Gasteiger partial charge in [-0.1, -0.05) is 43.2 Å². The number of halogens is 1. The molecule has 1 saturated carbocycles. The van der Waals surface area contributed by atoms with E-state index in [-0.39, 0.29) is 29.4 Å². The van der Waals surface area contributed by atoms with Crippen LogP contribution >= 0.6 is 35.3 Å². The van der Waals surface area contributed by atoms with Gasteiger partial charge in [-0.05, 0) is 25.3 Å². The Morgan fingerprint density at radius 2 is 1.92 bits per heavy atom. The van der Waals surface area contributed by atoms with Crippen molar-refractivity contribution in [2.24, 2.45) is 4.99 Å². The molecule has 0 amide bonds. The number of aromatic nitrogens is 1. The molecule has 4 nitrogen and oxygen atoms in total. The summed E-state index contributed by atoms with van der Waals surface area (Å²) in [6, 6.07) is 10.9. The molecule has 0 saturated heterocycles. The second-order valence-electron chi connectivity index (χ2n) is 6.50. The fraction of sp³-hybridized carbons (Fsp3) is 0.474. The number of thiazole rings is 1. The first kappa shape index (κ1) is 20.2. The molecule has 0 spiro atoms. The van der Waals surface area contributed by atoms with Gasteiger partial charge < -0.3 is 10.6 Å². The highest BCUT2D eigenvalue weighted by molar-refractivity contribution is 14.0. The first-order valence-electron chi connectivity index (χ1n) is 8.63. The summed E-state index contributed by atoms with van der Waals surface area (Å²) < 4.78 is 0. The van der Waals surface area contributed by atoms with Crippen LogP contribution in [0.4, 0.5) is 0 Å². The number of nitrogens with zero attached hydrogens (tertiary/aromatic N) is 2. The summed E-state index contributed by atoms with van der Waals surface area (Å²) >= 11 is 1.72. The van der Waals surface area contributed by atoms with E-state index in [1.54, 1.807) is 11.3 Å². The SMILES string of the molecule is CN=C(NCc1ncc(C)s1)NCC1(c2ccccc2)CCCC1.I. The van der Waals surface area contributed by atoms with Crippen molar-refractivity contribution in [2.45, 2.75) is 44.6 Å². The monoisotopic (exact) mass is 470 g/mol. The van der Waals surface area contributed by atoms with Crippen LogP contribution in [0.3, 0.4) is 0 Å². The third-order valence-electron chi connectivity index (χ3n) is 4.84. The molecule has 2 N–H and O–H groups in total. The number of guanidine groups is 1. The molecule has 25 heavy (non-hydrogen) atoms. The van der Waals surface area contributed by atoms with Crippen LogP contribution < -0.4 is 10.6 Å². The number of rotatable bonds is 5. The molecule has 0 bridgehead atoms. The summed E-state index contributed by atoms with van der Waals surface area (Å²) in [6.45, 7) is 3.72. The molecule has 1 fully saturated rings. The van der Waals surface area contributed by atoms with Gasteiger partial charge in [0.05, 0.1) is 6.54 Å². The molecular weight excluding hydrogens is 443 g/mol. The summed E-state index contributed by atoms with van der Waals surface area (Å²) in [5.74, 6) is 0.852. The highest BCUT2D eigenvalue weighted by Gasteiger charge is 2.35. The van der Waals surface area contributed by atoms with Gasteiger partial charge in [0.1, 0.15) is 5.01 Å². The summed E-state index contributed by atoms with van der Waals surface area (Å²) in [5.41, 5.74) is 1.68. The van der Waals surface area contributed by atoms with Crippen molar-refractivity contribution < 1.29 is 0 Å². The Labute approximate surface area is 171 Å². The second-order valence-corrected chi connectivity index (χ2v) is 7.82. The summed E-state index contributed by atoms with van der Waals surface area (Å²) in [7, 11) is 1.83. The lowest BCUT2D eigenvalue weighted by atomic mass is 9.79. The topological polar surface area (TPSA) is 49.3 Å². The smallest absolute Gasteiger partial charge is 0.191 e. The Morgan fingerprint density at radius 3 is 2.52 bits per heavy atom. The van der Waals surface area contributed by atoms with E-state index in [0.29, 0.717) is 0 Å². The number of hydrogen-bond acceptors (Lipinski definition) is 3. The van der Waals surface area contributed by atoms with Gasteiger partial charge in [0.25, 0.3) is 0 Å². The molecule has 1 aliphatic rings. The van der Waals surface area contributed by atoms with E-state index in [4.69, 9.17) is 0 Å². The minimum atomic E-state index is 0. The minimum Gasteiger partial charge on any atom is -0.356 e. The quantitative estimate of drug-likeness (QED) is 0.391. The van der Waals surface area contributed by atoms with Crippen molar-refractivity contribution >= 4 is 41.3 Å². The Kier molecular flexibility index (Phi) is 7.68. The molecule has 2 aromatic rings. The lowest BCUT2D eigenvalue weighted by Gasteiger charge is -2.30. The first-order valence-corrected chi connectivity index (χ1v) is 9.45. The standard InChI is InChI=1S/C19H26N4S.HI/c1-15-12-21-17(24-15)13-22-18(20-2)23-14-19(10-6-7-11-19)16-8-4-3-5-9-16;/h3-5,8-9,12H,6-7,10-11,13-14H2,1-2H3,(H2,20,22,23);1H. The highest BCUT2D eigenvalue weighted by atomic mass is 127. The van der Waals surface area contributed by atoms with E-state index in [0.717, 1.165) is 24.1 Å². The van der Waals surface area contributed by atoms with E-state index in [1.165, 1.54) is 36.1 Å². The zero-order valence-corrected chi connectivity index (χ0v) is 18.1. The fourth-order valence-corrected chi connectivity index (χ4v) is 4.25. The molecule has 0 unspecified atom stereocenters. The Hall–Kier alpha value is -1.15. The zero-order valence-electron chi connectivity index (χ0n) is 14.9. The maximum atomic E-state index is 4.39. The molecule has 6 heteroatoms. The van der Waals surface area contributed by atoms with Crippen molar-refractivity contribution in [3.8, 4) is 0 Å². The minimum absolute atomic E-state index is 0. The molecule has 1 aromatic carbocycles. The van der Waals surface area contributed by atoms with E-state index >= 15 is 0 Å². The van der Waals surface area contributed by atoms with E-state index in [9.17, 15) is 0 Å². The molecule has 0 aliphatic heterocycles. The van der Waals surface area contributed by atoms with Crippen LogP contribution in [0.1, 0.15) is 41.1 Å². The number of aryl methyl sites for hydroxylation is 1. The van der Waals surface area contributed by atoms with Crippen LogP contribution in [0, 0.1) is 6.92 Å². The van der Waals surface area contributed by atoms with Crippen LogP contribution in [-0.4, -0.2) is 24.5 Å². The summed E-state index contributed by atoms with van der Waals surface area (Å²) in [5, 5.41) is 8.01. The van der Waals surface area contributed by atoms with Gasteiger partial charge in [0, 0.05) is 30.1 Å². The van der Waals surface area contributed by atoms with E-state index in [2.05, 4.69) is 57.9 Å². The number of benzene rings is 1. The molecule has 1 aliphatic carbocycles. The Balaban J connectivity index is 0.00000225. The lowest BCUT2D eigenvalue weighted by Crippen LogP contribution is -2.44. The molecule has 0 radical (unpaired) electrons. The third kappa shape index (κ3) is 5.17. The average molecular weight is 470 g/mol. The van der Waals surface area contributed by atoms with Crippen LogP contribution in [0.25, 0.3) is 0 Å². The predicted octanol–water partition coefficient (Wildman–Crippen LogP) is 4.25. The zero-order chi connectivity index (χ0) is 16.8. The molecule has 136 valence electrons. The number of aliphatic imine (C=N–C) groups is 1. The van der Waals surface area contributed by atoms with Crippen molar-refractivity contribution in [2.75, 3.05) is 13.6 Å². The maximum absolute atomic E-state index is 4.39. The molecule has 1 heterocycles. The van der Waals surface area contributed by atoms with E-state index in [1.807, 2.05) is 13.2 Å². The van der Waals surface area contributed by atoms with E-state index < -0.39 is 0 Å². The van der Waals surface area contributed by atoms with Crippen molar-refractivity contribution in [1.29, 1.82) is 0 Å². The molecule has 1 aromatic heterocycles. The van der Waals surface area contributed by atoms with Crippen molar-refractivity contribution in [3.05, 3.63) is 52.0 Å². The van der Waals surface area contributed by atoms with Crippen molar-refractivity contribution in [1.82, 2.24) is 15.6 Å². The van der Waals surface area contributed by atoms with Gasteiger partial charge in [-0.3, -0.25) is 4.99 Å². The summed E-state index contributed by atoms with van der Waals surface area (Å²) in [4.78, 5) is 10.0. The lowest BCUT2D eigenvalue weighted by molar-refractivity contribution is 0.431. The van der Waals surface area contributed by atoms with Crippen LogP contribution in [0.2, 0.25) is 0 Å². The number of nitrogens with one attached hydrogen (secondary N) is 2. The predicted molar refractivity (Wildman–Crippen MR) is 117 cm³/mol. The summed E-state index contributed by atoms with van der Waals surface area (Å²) in [6.07, 6.45) is 7.02. The average Bonchev–Trinajstić information content (AvgIpc) is 3.26. The first-order chi connectivity index (χ1) is 11.7. The highest BCUT2D eigenvalue weighted by Crippen LogP contribution is 2.40. The second kappa shape index (κ2) is 9.52. The molecular formula is C19H27IN4S. The van der Waals surface area contributed by atoms with Crippen LogP contribution in [-0.2, 0) is 12.0 Å². The molecule has 3 rings (SSSR count). The van der Waals surface area contributed by atoms with Gasteiger partial charge in [0.2, 0.25) is 0 Å². The van der Waals surface area contributed by atoms with Gasteiger partial charge in [-0.2, -0.15) is 0 Å². The van der Waals surface area contributed by atoms with Crippen LogP contribution in [0.15, 0.2) is 41.5 Å². The van der Waals surface area contributed by atoms with Gasteiger partial charge in [0.15, 0.2) is 5.96 Å². The Morgan fingerprint density at radius 1 is 1.20 bits per heavy atom. The maximum Gasteiger partial charge on any atom is 0.191 e. The van der Waals surface area contributed by atoms with Gasteiger partial charge in [-0.15, -0.1) is 35.3 Å². The number of hydrogen-bond donors (Lipinski definition) is 2. The Bertz CT molecular complexity index is 678. The van der Waals surface area contributed by atoms with Gasteiger partial charge >= 0.3 is 0 Å². The molecule has 0 atom stereocenters. The largest absolute Gasteiger partial charge is 0.356 e. The normalized spacial score (nSPS) is 16.3. The third-order valence-corrected chi connectivity index (χ3v) is 5.75. The van der Waals surface area contributed by atoms with Gasteiger partial charge in [-0.25, -0.2) is 4.98 Å². The van der Waals surface area contributed by atoms with Crippen LogP contribution in [0.5, 0.6) is 0 Å². The fourth-order valence-electron chi connectivity index (χ4n) is 3.53.